The lowest BCUT2D eigenvalue weighted by molar-refractivity contribution is 0.102. The van der Waals surface area contributed by atoms with E-state index in [9.17, 15) is 4.79 Å². The van der Waals surface area contributed by atoms with Crippen molar-refractivity contribution in [2.45, 2.75) is 0 Å². The van der Waals surface area contributed by atoms with Crippen LogP contribution in [-0.4, -0.2) is 51.4 Å². The number of morpholine rings is 1. The Balaban J connectivity index is 1.58. The molecule has 0 unspecified atom stereocenters. The summed E-state index contributed by atoms with van der Waals surface area (Å²) in [5.74, 6) is 0.684. The van der Waals surface area contributed by atoms with Crippen molar-refractivity contribution in [2.75, 3.05) is 50.7 Å². The number of aromatic nitrogens is 1. The van der Waals surface area contributed by atoms with Crippen LogP contribution < -0.4 is 19.7 Å². The second-order valence-electron chi connectivity index (χ2n) is 6.42. The van der Waals surface area contributed by atoms with Crippen LogP contribution in [0.5, 0.6) is 11.5 Å². The third kappa shape index (κ3) is 4.10. The summed E-state index contributed by atoms with van der Waals surface area (Å²) in [5.41, 5.74) is 1.88. The molecule has 0 saturated carbocycles. The molecule has 9 heteroatoms. The first kappa shape index (κ1) is 19.8. The standard InChI is InChI=1S/C20H20ClN3O4S/c1-26-16-11-17(27-2)15(10-13(16)21)22-19(25)12-3-4-14-18(9-12)29-20(23-14)24-5-7-28-8-6-24/h3-4,9-11H,5-8H2,1-2H3,(H,22,25). The summed E-state index contributed by atoms with van der Waals surface area (Å²) in [6, 6.07) is 8.72. The van der Waals surface area contributed by atoms with Crippen molar-refractivity contribution in [3.8, 4) is 11.5 Å². The topological polar surface area (TPSA) is 72.9 Å². The first-order chi connectivity index (χ1) is 14.1. The monoisotopic (exact) mass is 433 g/mol. The number of nitrogens with one attached hydrogen (secondary N) is 1. The number of fused-ring (bicyclic) bond motifs is 1. The van der Waals surface area contributed by atoms with E-state index in [1.54, 1.807) is 29.5 Å². The summed E-state index contributed by atoms with van der Waals surface area (Å²) in [6.07, 6.45) is 0. The summed E-state index contributed by atoms with van der Waals surface area (Å²) in [6.45, 7) is 3.06. The molecule has 0 aliphatic carbocycles. The zero-order valence-electron chi connectivity index (χ0n) is 16.0. The molecule has 7 nitrogen and oxygen atoms in total. The molecule has 0 bridgehead atoms. The Labute approximate surface area is 177 Å². The number of hydrogen-bond donors (Lipinski definition) is 1. The smallest absolute Gasteiger partial charge is 0.255 e. The number of carbonyl (C=O) groups is 1. The predicted molar refractivity (Wildman–Crippen MR) is 115 cm³/mol. The number of hydrogen-bond acceptors (Lipinski definition) is 7. The molecule has 1 aromatic heterocycles. The Morgan fingerprint density at radius 3 is 2.66 bits per heavy atom. The number of nitrogens with zero attached hydrogens (tertiary/aromatic N) is 2. The minimum Gasteiger partial charge on any atom is -0.495 e. The van der Waals surface area contributed by atoms with Gasteiger partial charge in [0.15, 0.2) is 5.13 Å². The lowest BCUT2D eigenvalue weighted by Crippen LogP contribution is -2.36. The normalized spacial score (nSPS) is 14.1. The van der Waals surface area contributed by atoms with Gasteiger partial charge >= 0.3 is 0 Å². The van der Waals surface area contributed by atoms with E-state index in [2.05, 4.69) is 15.2 Å². The summed E-state index contributed by atoms with van der Waals surface area (Å²) in [7, 11) is 3.04. The second kappa shape index (κ2) is 8.44. The second-order valence-corrected chi connectivity index (χ2v) is 7.84. The molecule has 4 rings (SSSR count). The van der Waals surface area contributed by atoms with E-state index in [-0.39, 0.29) is 5.91 Å². The Kier molecular flexibility index (Phi) is 5.75. The maximum atomic E-state index is 12.8. The largest absolute Gasteiger partial charge is 0.495 e. The average Bonchev–Trinajstić information content (AvgIpc) is 3.18. The molecule has 1 fully saturated rings. The fourth-order valence-corrected chi connectivity index (χ4v) is 4.39. The van der Waals surface area contributed by atoms with Gasteiger partial charge in [-0.15, -0.1) is 0 Å². The SMILES string of the molecule is COc1cc(OC)c(NC(=O)c2ccc3nc(N4CCOCC4)sc3c2)cc1Cl. The van der Waals surface area contributed by atoms with Crippen LogP contribution >= 0.6 is 22.9 Å². The highest BCUT2D eigenvalue weighted by Gasteiger charge is 2.18. The van der Waals surface area contributed by atoms with Gasteiger partial charge in [0, 0.05) is 24.7 Å². The first-order valence-electron chi connectivity index (χ1n) is 9.05. The van der Waals surface area contributed by atoms with E-state index in [0.717, 1.165) is 28.4 Å². The number of benzene rings is 2. The number of halogens is 1. The predicted octanol–water partition coefficient (Wildman–Crippen LogP) is 4.06. The van der Waals surface area contributed by atoms with E-state index < -0.39 is 0 Å². The van der Waals surface area contributed by atoms with Crippen LogP contribution in [0.1, 0.15) is 10.4 Å². The highest BCUT2D eigenvalue weighted by atomic mass is 35.5. The lowest BCUT2D eigenvalue weighted by atomic mass is 10.2. The van der Waals surface area contributed by atoms with Crippen molar-refractivity contribution in [3.63, 3.8) is 0 Å². The van der Waals surface area contributed by atoms with Gasteiger partial charge in [0.2, 0.25) is 0 Å². The van der Waals surface area contributed by atoms with Gasteiger partial charge in [0.25, 0.3) is 5.91 Å². The molecule has 3 aromatic rings. The molecule has 29 heavy (non-hydrogen) atoms. The van der Waals surface area contributed by atoms with Crippen LogP contribution in [0.15, 0.2) is 30.3 Å². The van der Waals surface area contributed by atoms with Crippen LogP contribution in [0, 0.1) is 0 Å². The van der Waals surface area contributed by atoms with Gasteiger partial charge in [-0.05, 0) is 24.3 Å². The van der Waals surface area contributed by atoms with Crippen molar-refractivity contribution in [1.29, 1.82) is 0 Å². The summed E-state index contributed by atoms with van der Waals surface area (Å²) < 4.78 is 16.9. The minimum atomic E-state index is -0.257. The Hall–Kier alpha value is -2.55. The molecular formula is C20H20ClN3O4S. The number of ether oxygens (including phenoxy) is 3. The third-order valence-electron chi connectivity index (χ3n) is 4.64. The van der Waals surface area contributed by atoms with E-state index in [1.165, 1.54) is 14.2 Å². The van der Waals surface area contributed by atoms with Crippen molar-refractivity contribution in [1.82, 2.24) is 4.98 Å². The molecule has 0 atom stereocenters. The van der Waals surface area contributed by atoms with E-state index in [0.29, 0.717) is 41.0 Å². The molecular weight excluding hydrogens is 414 g/mol. The summed E-state index contributed by atoms with van der Waals surface area (Å²) >= 11 is 7.76. The van der Waals surface area contributed by atoms with Crippen LogP contribution in [-0.2, 0) is 4.74 Å². The molecule has 152 valence electrons. The number of thiazole rings is 1. The zero-order chi connectivity index (χ0) is 20.4. The van der Waals surface area contributed by atoms with Crippen molar-refractivity contribution in [2.24, 2.45) is 0 Å². The first-order valence-corrected chi connectivity index (χ1v) is 10.2. The number of amides is 1. The van der Waals surface area contributed by atoms with Gasteiger partial charge in [-0.3, -0.25) is 4.79 Å². The van der Waals surface area contributed by atoms with E-state index in [1.807, 2.05) is 12.1 Å². The molecule has 1 aliphatic rings. The van der Waals surface area contributed by atoms with Crippen LogP contribution in [0.4, 0.5) is 10.8 Å². The molecule has 1 N–H and O–H groups in total. The molecule has 1 amide bonds. The van der Waals surface area contributed by atoms with Gasteiger partial charge in [-0.2, -0.15) is 0 Å². The van der Waals surface area contributed by atoms with Crippen LogP contribution in [0.25, 0.3) is 10.2 Å². The Morgan fingerprint density at radius 2 is 1.93 bits per heavy atom. The molecule has 2 heterocycles. The number of carbonyl (C=O) groups excluding carboxylic acids is 1. The minimum absolute atomic E-state index is 0.257. The summed E-state index contributed by atoms with van der Waals surface area (Å²) in [5, 5.41) is 4.19. The van der Waals surface area contributed by atoms with Gasteiger partial charge in [-0.25, -0.2) is 4.98 Å². The Morgan fingerprint density at radius 1 is 1.17 bits per heavy atom. The third-order valence-corrected chi connectivity index (χ3v) is 6.02. The fourth-order valence-electron chi connectivity index (χ4n) is 3.10. The average molecular weight is 434 g/mol. The number of rotatable bonds is 5. The van der Waals surface area contributed by atoms with Crippen LogP contribution in [0.2, 0.25) is 5.02 Å². The quantitative estimate of drug-likeness (QED) is 0.654. The van der Waals surface area contributed by atoms with Crippen molar-refractivity contribution in [3.05, 3.63) is 40.9 Å². The van der Waals surface area contributed by atoms with Gasteiger partial charge in [0.05, 0.1) is 48.4 Å². The lowest BCUT2D eigenvalue weighted by Gasteiger charge is -2.25. The van der Waals surface area contributed by atoms with Gasteiger partial charge in [0.1, 0.15) is 11.5 Å². The highest BCUT2D eigenvalue weighted by Crippen LogP contribution is 2.36. The van der Waals surface area contributed by atoms with E-state index >= 15 is 0 Å². The molecule has 1 saturated heterocycles. The van der Waals surface area contributed by atoms with Crippen LogP contribution in [0.3, 0.4) is 0 Å². The molecule has 1 aliphatic heterocycles. The molecule has 0 spiro atoms. The van der Waals surface area contributed by atoms with Gasteiger partial charge in [-0.1, -0.05) is 22.9 Å². The molecule has 0 radical (unpaired) electrons. The van der Waals surface area contributed by atoms with Crippen molar-refractivity contribution < 1.29 is 19.0 Å². The number of methoxy groups -OCH3 is 2. The molecule has 2 aromatic carbocycles. The zero-order valence-corrected chi connectivity index (χ0v) is 17.6. The van der Waals surface area contributed by atoms with Crippen molar-refractivity contribution >= 4 is 49.9 Å². The Bertz CT molecular complexity index is 1050. The maximum absolute atomic E-state index is 12.8. The maximum Gasteiger partial charge on any atom is 0.255 e. The number of anilines is 2. The van der Waals surface area contributed by atoms with Gasteiger partial charge < -0.3 is 24.4 Å². The fraction of sp³-hybridized carbons (Fsp3) is 0.300. The van der Waals surface area contributed by atoms with E-state index in [4.69, 9.17) is 25.8 Å². The highest BCUT2D eigenvalue weighted by molar-refractivity contribution is 7.22. The summed E-state index contributed by atoms with van der Waals surface area (Å²) in [4.78, 5) is 19.7.